The van der Waals surface area contributed by atoms with Crippen LogP contribution in [0.1, 0.15) is 38.5 Å². The van der Waals surface area contributed by atoms with E-state index in [2.05, 4.69) is 0 Å². The molecule has 0 aromatic heterocycles. The molecule has 3 nitrogen and oxygen atoms in total. The smallest absolute Gasteiger partial charge is 0.226 e. The van der Waals surface area contributed by atoms with Gasteiger partial charge in [0.1, 0.15) is 0 Å². The van der Waals surface area contributed by atoms with Gasteiger partial charge in [-0.05, 0) is 38.5 Å². The second-order valence-corrected chi connectivity index (χ2v) is 5.21. The van der Waals surface area contributed by atoms with E-state index in [0.717, 1.165) is 38.5 Å². The lowest BCUT2D eigenvalue weighted by molar-refractivity contribution is -0.149. The molecule has 4 aliphatic rings. The molecule has 0 radical (unpaired) electrons. The van der Waals surface area contributed by atoms with E-state index in [-0.39, 0.29) is 11.8 Å². The van der Waals surface area contributed by atoms with Crippen molar-refractivity contribution in [3.8, 4) is 0 Å². The summed E-state index contributed by atoms with van der Waals surface area (Å²) in [5.74, 6) is 1.09. The van der Waals surface area contributed by atoms with Gasteiger partial charge in [-0.3, -0.25) is 9.59 Å². The summed E-state index contributed by atoms with van der Waals surface area (Å²) in [7, 11) is 0. The molecule has 2 saturated heterocycles. The van der Waals surface area contributed by atoms with Crippen molar-refractivity contribution in [2.75, 3.05) is 6.54 Å². The summed E-state index contributed by atoms with van der Waals surface area (Å²) in [4.78, 5) is 25.5. The van der Waals surface area contributed by atoms with Gasteiger partial charge < -0.3 is 4.90 Å². The van der Waals surface area contributed by atoms with Crippen molar-refractivity contribution in [2.45, 2.75) is 44.6 Å². The normalized spacial score (nSPS) is 34.7. The van der Waals surface area contributed by atoms with Crippen LogP contribution in [0.4, 0.5) is 0 Å². The van der Waals surface area contributed by atoms with Gasteiger partial charge in [0.05, 0.1) is 6.54 Å². The number of carbonyl (C=O) groups excluding carboxylic acids is 2. The number of carbonyl (C=O) groups is 2. The van der Waals surface area contributed by atoms with E-state index >= 15 is 0 Å². The average molecular weight is 207 g/mol. The van der Waals surface area contributed by atoms with Crippen molar-refractivity contribution < 1.29 is 9.59 Å². The molecule has 2 heterocycles. The number of Topliss-reactive ketones (excluding diaryl/α,β-unsaturated/α-hetero) is 1. The van der Waals surface area contributed by atoms with Crippen molar-refractivity contribution in [2.24, 2.45) is 11.8 Å². The molecular formula is C12H17NO2. The van der Waals surface area contributed by atoms with Crippen LogP contribution in [0.15, 0.2) is 0 Å². The number of piperidine rings is 2. The third-order valence-corrected chi connectivity index (χ3v) is 4.13. The Morgan fingerprint density at radius 3 is 2.33 bits per heavy atom. The van der Waals surface area contributed by atoms with Crippen molar-refractivity contribution in [1.29, 1.82) is 0 Å². The first kappa shape index (κ1) is 9.37. The molecule has 3 heteroatoms. The van der Waals surface area contributed by atoms with E-state index in [0.29, 0.717) is 24.3 Å². The van der Waals surface area contributed by atoms with Gasteiger partial charge in [0.2, 0.25) is 5.91 Å². The van der Waals surface area contributed by atoms with Crippen LogP contribution in [0.25, 0.3) is 0 Å². The molecule has 2 saturated carbocycles. The molecule has 0 N–H and O–H groups in total. The highest BCUT2D eigenvalue weighted by Crippen LogP contribution is 2.37. The zero-order valence-corrected chi connectivity index (χ0v) is 8.95. The van der Waals surface area contributed by atoms with E-state index in [1.807, 2.05) is 4.90 Å². The van der Waals surface area contributed by atoms with Crippen molar-refractivity contribution in [3.63, 3.8) is 0 Å². The first-order valence-electron chi connectivity index (χ1n) is 6.09. The summed E-state index contributed by atoms with van der Waals surface area (Å²) in [6.07, 6.45) is 6.45. The van der Waals surface area contributed by atoms with Gasteiger partial charge in [-0.25, -0.2) is 0 Å². The summed E-state index contributed by atoms with van der Waals surface area (Å²) >= 11 is 0. The summed E-state index contributed by atoms with van der Waals surface area (Å²) in [6, 6.07) is 0.380. The molecule has 0 aromatic carbocycles. The number of amides is 1. The van der Waals surface area contributed by atoms with Crippen molar-refractivity contribution in [3.05, 3.63) is 0 Å². The standard InChI is InChI=1S/C12H17NO2/c14-11(8-1-2-8)7-13-10-5-3-9(4-6-10)12(13)15/h8-10H,1-7H2. The quantitative estimate of drug-likeness (QED) is 0.701. The monoisotopic (exact) mass is 207 g/mol. The SMILES string of the molecule is O=C(CN1C(=O)C2CCC1CC2)C1CC1. The Hall–Kier alpha value is -0.860. The maximum Gasteiger partial charge on any atom is 0.226 e. The Kier molecular flexibility index (Phi) is 2.08. The Bertz CT molecular complexity index is 301. The van der Waals surface area contributed by atoms with Crippen LogP contribution in [0, 0.1) is 11.8 Å². The van der Waals surface area contributed by atoms with Crippen LogP contribution in [0.2, 0.25) is 0 Å². The van der Waals surface area contributed by atoms with Gasteiger partial charge in [-0.2, -0.15) is 0 Å². The maximum atomic E-state index is 11.9. The average Bonchev–Trinajstić information content (AvgIpc) is 3.07. The van der Waals surface area contributed by atoms with Crippen LogP contribution in [0.5, 0.6) is 0 Å². The Balaban J connectivity index is 1.69. The molecule has 0 atom stereocenters. The lowest BCUT2D eigenvalue weighted by Crippen LogP contribution is -2.53. The lowest BCUT2D eigenvalue weighted by Gasteiger charge is -2.44. The molecule has 4 rings (SSSR count). The molecule has 0 spiro atoms. The van der Waals surface area contributed by atoms with E-state index in [1.165, 1.54) is 0 Å². The second kappa shape index (κ2) is 3.32. The van der Waals surface area contributed by atoms with Gasteiger partial charge in [0.15, 0.2) is 5.78 Å². The van der Waals surface area contributed by atoms with E-state index in [9.17, 15) is 9.59 Å². The number of hydrogen-bond acceptors (Lipinski definition) is 2. The van der Waals surface area contributed by atoms with Crippen LogP contribution in [-0.2, 0) is 9.59 Å². The highest BCUT2D eigenvalue weighted by Gasteiger charge is 2.42. The fourth-order valence-corrected chi connectivity index (χ4v) is 2.96. The lowest BCUT2D eigenvalue weighted by atomic mass is 9.79. The number of ketones is 1. The number of fused-ring (bicyclic) bond motifs is 3. The molecule has 2 bridgehead atoms. The largest absolute Gasteiger partial charge is 0.332 e. The van der Waals surface area contributed by atoms with Crippen LogP contribution >= 0.6 is 0 Å². The molecule has 0 aromatic rings. The molecule has 82 valence electrons. The number of nitrogens with zero attached hydrogens (tertiary/aromatic N) is 1. The highest BCUT2D eigenvalue weighted by atomic mass is 16.2. The Morgan fingerprint density at radius 1 is 1.13 bits per heavy atom. The topological polar surface area (TPSA) is 37.4 Å². The third kappa shape index (κ3) is 1.58. The molecule has 0 unspecified atom stereocenters. The first-order valence-corrected chi connectivity index (χ1v) is 6.09. The van der Waals surface area contributed by atoms with Gasteiger partial charge in [-0.15, -0.1) is 0 Å². The predicted molar refractivity (Wildman–Crippen MR) is 55.2 cm³/mol. The highest BCUT2D eigenvalue weighted by molar-refractivity contribution is 5.90. The molecule has 4 fully saturated rings. The van der Waals surface area contributed by atoms with Gasteiger partial charge in [-0.1, -0.05) is 0 Å². The fourth-order valence-electron chi connectivity index (χ4n) is 2.96. The van der Waals surface area contributed by atoms with Crippen LogP contribution in [0.3, 0.4) is 0 Å². The van der Waals surface area contributed by atoms with Crippen LogP contribution < -0.4 is 0 Å². The molecule has 15 heavy (non-hydrogen) atoms. The zero-order valence-electron chi connectivity index (χ0n) is 8.95. The minimum atomic E-state index is 0.238. The van der Waals surface area contributed by atoms with E-state index in [1.54, 1.807) is 0 Å². The zero-order chi connectivity index (χ0) is 10.4. The van der Waals surface area contributed by atoms with Gasteiger partial charge >= 0.3 is 0 Å². The molecular weight excluding hydrogens is 190 g/mol. The van der Waals surface area contributed by atoms with E-state index < -0.39 is 0 Å². The van der Waals surface area contributed by atoms with Gasteiger partial charge in [0, 0.05) is 17.9 Å². The minimum Gasteiger partial charge on any atom is -0.332 e. The summed E-state index contributed by atoms with van der Waals surface area (Å²) < 4.78 is 0. The predicted octanol–water partition coefficient (Wildman–Crippen LogP) is 1.37. The van der Waals surface area contributed by atoms with Crippen molar-refractivity contribution >= 4 is 11.7 Å². The molecule has 1 amide bonds. The summed E-state index contributed by atoms with van der Waals surface area (Å²) in [5.41, 5.74) is 0. The Labute approximate surface area is 89.8 Å². The molecule has 2 aliphatic carbocycles. The third-order valence-electron chi connectivity index (χ3n) is 4.13. The maximum absolute atomic E-state index is 11.9. The fraction of sp³-hybridized carbons (Fsp3) is 0.833. The number of rotatable bonds is 3. The first-order chi connectivity index (χ1) is 7.25. The Morgan fingerprint density at radius 2 is 1.80 bits per heavy atom. The molecule has 2 aliphatic heterocycles. The van der Waals surface area contributed by atoms with Gasteiger partial charge in [0.25, 0.3) is 0 Å². The van der Waals surface area contributed by atoms with Crippen LogP contribution in [-0.4, -0.2) is 29.2 Å². The number of hydrogen-bond donors (Lipinski definition) is 0. The van der Waals surface area contributed by atoms with E-state index in [4.69, 9.17) is 0 Å². The summed E-state index contributed by atoms with van der Waals surface area (Å²) in [5, 5.41) is 0. The van der Waals surface area contributed by atoms with Crippen molar-refractivity contribution in [1.82, 2.24) is 4.90 Å². The summed E-state index contributed by atoms with van der Waals surface area (Å²) in [6.45, 7) is 0.407. The second-order valence-electron chi connectivity index (χ2n) is 5.21. The minimum absolute atomic E-state index is 0.238.